The van der Waals surface area contributed by atoms with Crippen LogP contribution in [0.25, 0.3) is 11.2 Å². The molecule has 9 nitrogen and oxygen atoms in total. The van der Waals surface area contributed by atoms with Crippen LogP contribution in [0.3, 0.4) is 0 Å². The van der Waals surface area contributed by atoms with E-state index in [9.17, 15) is 10.2 Å². The van der Waals surface area contributed by atoms with Crippen molar-refractivity contribution in [2.75, 3.05) is 12.3 Å². The fourth-order valence-electron chi connectivity index (χ4n) is 2.17. The van der Waals surface area contributed by atoms with E-state index < -0.39 is 38.7 Å². The summed E-state index contributed by atoms with van der Waals surface area (Å²) < 4.78 is 3.16. The monoisotopic (exact) mass is 501 g/mol. The Hall–Kier alpha value is -0.0700. The van der Waals surface area contributed by atoms with Crippen molar-refractivity contribution in [3.05, 3.63) is 12.7 Å². The van der Waals surface area contributed by atoms with E-state index in [0.717, 1.165) is 0 Å². The molecule has 4 atom stereocenters. The van der Waals surface area contributed by atoms with Gasteiger partial charge in [-0.05, 0) is 0 Å². The second-order valence-corrected chi connectivity index (χ2v) is 9.87. The minimum atomic E-state index is -1.85. The smallest absolute Gasteiger partial charge is 0.236 e. The largest absolute Gasteiger partial charge is 0.394 e. The highest BCUT2D eigenvalue weighted by molar-refractivity contribution is 6.83. The van der Waals surface area contributed by atoms with E-state index in [-0.39, 0.29) is 5.82 Å². The third-order valence-electron chi connectivity index (χ3n) is 3.50. The molecule has 2 aromatic rings. The van der Waals surface area contributed by atoms with Crippen molar-refractivity contribution in [2.24, 2.45) is 0 Å². The number of hydrogen-bond donors (Lipinski definition) is 4. The number of aromatic nitrogens is 4. The Morgan fingerprint density at radius 2 is 1.63 bits per heavy atom. The van der Waals surface area contributed by atoms with E-state index in [4.69, 9.17) is 85.2 Å². The Balaban J connectivity index is 0.000000279. The molecule has 2 aromatic heterocycles. The molecule has 5 N–H and O–H groups in total. The number of alkyl halides is 6. The second-order valence-electron chi connectivity index (χ2n) is 5.31. The number of ether oxygens (including phenoxy) is 1. The molecule has 15 heteroatoms. The number of halogens is 6. The zero-order valence-corrected chi connectivity index (χ0v) is 17.6. The van der Waals surface area contributed by atoms with E-state index in [1.165, 1.54) is 17.2 Å². The normalized spacial score (nSPS) is 26.1. The summed E-state index contributed by atoms with van der Waals surface area (Å²) in [7, 11) is 0. The van der Waals surface area contributed by atoms with Crippen molar-refractivity contribution in [1.82, 2.24) is 19.5 Å². The Labute approximate surface area is 182 Å². The number of fused-ring (bicyclic) bond motifs is 1. The fourth-order valence-corrected chi connectivity index (χ4v) is 2.17. The van der Waals surface area contributed by atoms with Crippen molar-refractivity contribution in [3.63, 3.8) is 0 Å². The first kappa shape index (κ1) is 23.2. The van der Waals surface area contributed by atoms with Crippen molar-refractivity contribution >= 4 is 86.6 Å². The standard InChI is InChI=1S/C10H13N5O4.C2Cl6/c11-8-5-9(13-2-12-8)15(3-14-5)10-7(18)6(17)4(1-16)19-10;3-1(4,5)2(6,7)8/h2-4,6-7,10,16-18H,1H2,(H2,11,12,13);/t4-,6-,7-,10-;/m1./s1. The number of imidazole rings is 1. The van der Waals surface area contributed by atoms with Gasteiger partial charge in [0, 0.05) is 0 Å². The van der Waals surface area contributed by atoms with Gasteiger partial charge >= 0.3 is 0 Å². The molecule has 0 aliphatic carbocycles. The van der Waals surface area contributed by atoms with Crippen LogP contribution in [-0.2, 0) is 4.74 Å². The van der Waals surface area contributed by atoms with Crippen LogP contribution in [0.2, 0.25) is 0 Å². The maximum absolute atomic E-state index is 9.95. The first-order valence-corrected chi connectivity index (χ1v) is 9.34. The average molecular weight is 504 g/mol. The molecule has 152 valence electrons. The van der Waals surface area contributed by atoms with Gasteiger partial charge in [0.1, 0.15) is 30.2 Å². The van der Waals surface area contributed by atoms with Crippen LogP contribution in [0.5, 0.6) is 0 Å². The predicted octanol–water partition coefficient (Wildman–Crippen LogP) is 1.75. The van der Waals surface area contributed by atoms with Crippen molar-refractivity contribution in [2.45, 2.75) is 32.1 Å². The van der Waals surface area contributed by atoms with Gasteiger partial charge in [-0.25, -0.2) is 15.0 Å². The van der Waals surface area contributed by atoms with Crippen LogP contribution in [0.1, 0.15) is 6.23 Å². The van der Waals surface area contributed by atoms with Crippen LogP contribution in [0, 0.1) is 0 Å². The number of nitrogens with zero attached hydrogens (tertiary/aromatic N) is 4. The lowest BCUT2D eigenvalue weighted by Crippen LogP contribution is -2.33. The predicted molar refractivity (Wildman–Crippen MR) is 103 cm³/mol. The fraction of sp³-hybridized carbons (Fsp3) is 0.583. The number of aliphatic hydroxyl groups excluding tert-OH is 3. The molecule has 3 heterocycles. The van der Waals surface area contributed by atoms with Crippen molar-refractivity contribution in [3.8, 4) is 0 Å². The summed E-state index contributed by atoms with van der Waals surface area (Å²) in [6, 6.07) is 0. The van der Waals surface area contributed by atoms with Gasteiger partial charge in [-0.15, -0.1) is 0 Å². The highest BCUT2D eigenvalue weighted by atomic mass is 35.6. The van der Waals surface area contributed by atoms with Crippen LogP contribution in [-0.4, -0.2) is 67.3 Å². The summed E-state index contributed by atoms with van der Waals surface area (Å²) in [6.07, 6.45) is -1.42. The summed E-state index contributed by atoms with van der Waals surface area (Å²) in [6.45, 7) is -0.390. The SMILES string of the molecule is ClC(Cl)(Cl)C(Cl)(Cl)Cl.Nc1ncnc2c1ncn2[C@@H]1O[C@H](CO)[C@@H](O)[C@H]1O. The molecular formula is C12H13Cl6N5O4. The first-order chi connectivity index (χ1) is 12.4. The second kappa shape index (κ2) is 8.74. The Kier molecular flexibility index (Phi) is 7.52. The molecule has 1 fully saturated rings. The maximum atomic E-state index is 9.95. The van der Waals surface area contributed by atoms with Gasteiger partial charge in [0.2, 0.25) is 7.59 Å². The summed E-state index contributed by atoms with van der Waals surface area (Å²) in [5, 5.41) is 28.7. The maximum Gasteiger partial charge on any atom is 0.236 e. The molecule has 1 aliphatic heterocycles. The van der Waals surface area contributed by atoms with Crippen LogP contribution < -0.4 is 5.73 Å². The van der Waals surface area contributed by atoms with Crippen molar-refractivity contribution < 1.29 is 20.1 Å². The number of anilines is 1. The van der Waals surface area contributed by atoms with Crippen LogP contribution >= 0.6 is 69.6 Å². The molecule has 0 bridgehead atoms. The molecule has 0 unspecified atom stereocenters. The quantitative estimate of drug-likeness (QED) is 0.454. The Bertz CT molecular complexity index is 770. The average Bonchev–Trinajstić information content (AvgIpc) is 3.10. The van der Waals surface area contributed by atoms with Gasteiger partial charge < -0.3 is 25.8 Å². The lowest BCUT2D eigenvalue weighted by molar-refractivity contribution is -0.0511. The zero-order valence-electron chi connectivity index (χ0n) is 13.1. The molecule has 0 amide bonds. The lowest BCUT2D eigenvalue weighted by atomic mass is 10.1. The van der Waals surface area contributed by atoms with Crippen LogP contribution in [0.4, 0.5) is 5.82 Å². The third-order valence-corrected chi connectivity index (χ3v) is 6.07. The minimum absolute atomic E-state index is 0.218. The van der Waals surface area contributed by atoms with Gasteiger partial charge in [0.25, 0.3) is 0 Å². The van der Waals surface area contributed by atoms with E-state index in [1.807, 2.05) is 0 Å². The molecule has 0 radical (unpaired) electrons. The van der Waals surface area contributed by atoms with Gasteiger partial charge in [-0.2, -0.15) is 0 Å². The number of nitrogens with two attached hydrogens (primary N) is 1. The summed E-state index contributed by atoms with van der Waals surface area (Å²) in [5.74, 6) is 0.218. The van der Waals surface area contributed by atoms with Gasteiger partial charge in [0.15, 0.2) is 17.7 Å². The van der Waals surface area contributed by atoms with E-state index in [0.29, 0.717) is 11.2 Å². The summed E-state index contributed by atoms with van der Waals surface area (Å²) >= 11 is 30.9. The topological polar surface area (TPSA) is 140 Å². The lowest BCUT2D eigenvalue weighted by Gasteiger charge is -2.19. The molecule has 0 saturated carbocycles. The molecule has 1 saturated heterocycles. The van der Waals surface area contributed by atoms with E-state index in [2.05, 4.69) is 15.0 Å². The number of hydrogen-bond acceptors (Lipinski definition) is 8. The molecular weight excluding hydrogens is 491 g/mol. The summed E-state index contributed by atoms with van der Waals surface area (Å²) in [4.78, 5) is 11.9. The van der Waals surface area contributed by atoms with Gasteiger partial charge in [-0.3, -0.25) is 4.57 Å². The molecule has 0 spiro atoms. The van der Waals surface area contributed by atoms with Gasteiger partial charge in [-0.1, -0.05) is 69.6 Å². The summed E-state index contributed by atoms with van der Waals surface area (Å²) in [5.41, 5.74) is 6.44. The van der Waals surface area contributed by atoms with E-state index >= 15 is 0 Å². The van der Waals surface area contributed by atoms with E-state index in [1.54, 1.807) is 0 Å². The molecule has 3 rings (SSSR count). The van der Waals surface area contributed by atoms with Crippen LogP contribution in [0.15, 0.2) is 12.7 Å². The van der Waals surface area contributed by atoms with Crippen molar-refractivity contribution in [1.29, 1.82) is 0 Å². The Morgan fingerprint density at radius 3 is 2.11 bits per heavy atom. The first-order valence-electron chi connectivity index (χ1n) is 7.07. The highest BCUT2D eigenvalue weighted by Crippen LogP contribution is 2.48. The minimum Gasteiger partial charge on any atom is -0.394 e. The van der Waals surface area contributed by atoms with Gasteiger partial charge in [0.05, 0.1) is 12.9 Å². The zero-order chi connectivity index (χ0) is 20.6. The Morgan fingerprint density at radius 1 is 1.04 bits per heavy atom. The number of nitrogen functional groups attached to an aromatic ring is 1. The number of aliphatic hydroxyl groups is 3. The molecule has 0 aromatic carbocycles. The molecule has 1 aliphatic rings. The molecule has 27 heavy (non-hydrogen) atoms. The number of rotatable bonds is 2. The highest BCUT2D eigenvalue weighted by Gasteiger charge is 2.44. The third kappa shape index (κ3) is 5.11.